The second kappa shape index (κ2) is 11.5. The largest absolute Gasteiger partial charge is 0.537 e. The number of hydrogen-bond acceptors (Lipinski definition) is 7. The Morgan fingerprint density at radius 3 is 1.43 bits per heavy atom. The zero-order valence-corrected chi connectivity index (χ0v) is 14.9. The van der Waals surface area contributed by atoms with Gasteiger partial charge in [-0.05, 0) is 12.1 Å². The molecule has 0 aliphatic heterocycles. The summed E-state index contributed by atoms with van der Waals surface area (Å²) >= 11 is 0. The molecule has 0 heterocycles. The van der Waals surface area contributed by atoms with E-state index in [0.29, 0.717) is 39.6 Å². The van der Waals surface area contributed by atoms with E-state index >= 15 is 0 Å². The van der Waals surface area contributed by atoms with Crippen molar-refractivity contribution in [2.45, 2.75) is 0 Å². The molecule has 0 unspecified atom stereocenters. The van der Waals surface area contributed by atoms with E-state index in [2.05, 4.69) is 0 Å². The number of ether oxygens (including phenoxy) is 3. The minimum atomic E-state index is -3.16. The van der Waals surface area contributed by atoms with Crippen LogP contribution >= 0.6 is 0 Å². The fraction of sp³-hybridized carbons (Fsp3) is 0.600. The number of phenols is 1. The van der Waals surface area contributed by atoms with Crippen LogP contribution in [-0.4, -0.2) is 74.9 Å². The summed E-state index contributed by atoms with van der Waals surface area (Å²) in [5.74, 6) is 0.169. The molecular formula is C15H26O7Si. The van der Waals surface area contributed by atoms with Gasteiger partial charge < -0.3 is 32.6 Å². The Bertz CT molecular complexity index is 386. The third-order valence-corrected chi connectivity index (χ3v) is 5.75. The highest BCUT2D eigenvalue weighted by atomic mass is 28.4. The lowest BCUT2D eigenvalue weighted by Crippen LogP contribution is -2.58. The zero-order valence-electron chi connectivity index (χ0n) is 13.9. The van der Waals surface area contributed by atoms with E-state index in [4.69, 9.17) is 27.5 Å². The fourth-order valence-corrected chi connectivity index (χ4v) is 4.20. The first-order valence-electron chi connectivity index (χ1n) is 7.36. The number of rotatable bonds is 13. The van der Waals surface area contributed by atoms with Crippen LogP contribution in [0.25, 0.3) is 0 Å². The van der Waals surface area contributed by atoms with Crippen molar-refractivity contribution in [1.82, 2.24) is 0 Å². The van der Waals surface area contributed by atoms with Gasteiger partial charge in [0, 0.05) is 26.5 Å². The molecule has 7 nitrogen and oxygen atoms in total. The Balaban J connectivity index is 2.95. The molecule has 0 saturated heterocycles. The number of phenolic OH excluding ortho intramolecular Hbond substituents is 1. The molecular weight excluding hydrogens is 320 g/mol. The lowest BCUT2D eigenvalue weighted by molar-refractivity contribution is 0.0243. The van der Waals surface area contributed by atoms with Crippen molar-refractivity contribution in [1.29, 1.82) is 0 Å². The van der Waals surface area contributed by atoms with Crippen molar-refractivity contribution in [3.8, 4) is 5.75 Å². The molecule has 0 radical (unpaired) electrons. The molecule has 0 bridgehead atoms. The molecule has 0 aliphatic rings. The van der Waals surface area contributed by atoms with Crippen LogP contribution in [0, 0.1) is 0 Å². The lowest BCUT2D eigenvalue weighted by Gasteiger charge is -2.29. The van der Waals surface area contributed by atoms with Gasteiger partial charge in [-0.3, -0.25) is 0 Å². The summed E-state index contributed by atoms with van der Waals surface area (Å²) in [6, 6.07) is 6.65. The standard InChI is InChI=1S/C15H26O7Si/c1-17-8-11-20-23(21-12-9-18-2,22-13-10-19-3)15-6-4-14(16)5-7-15/h4-7,16H,8-13H2,1-3H3. The van der Waals surface area contributed by atoms with Crippen LogP contribution in [0.5, 0.6) is 5.75 Å². The van der Waals surface area contributed by atoms with Crippen molar-refractivity contribution in [2.75, 3.05) is 61.0 Å². The number of hydrogen-bond donors (Lipinski definition) is 1. The smallest absolute Gasteiger partial charge is 0.508 e. The molecule has 23 heavy (non-hydrogen) atoms. The van der Waals surface area contributed by atoms with E-state index in [-0.39, 0.29) is 5.75 Å². The molecule has 0 spiro atoms. The van der Waals surface area contributed by atoms with Crippen molar-refractivity contribution in [2.24, 2.45) is 0 Å². The maximum atomic E-state index is 9.50. The summed E-state index contributed by atoms with van der Waals surface area (Å²) in [5.41, 5.74) is 0. The summed E-state index contributed by atoms with van der Waals surface area (Å²) in [5, 5.41) is 10.3. The Labute approximate surface area is 138 Å². The lowest BCUT2D eigenvalue weighted by atomic mass is 10.3. The quantitative estimate of drug-likeness (QED) is 0.412. The summed E-state index contributed by atoms with van der Waals surface area (Å²) < 4.78 is 33.0. The monoisotopic (exact) mass is 346 g/mol. The maximum absolute atomic E-state index is 9.50. The highest BCUT2D eigenvalue weighted by Gasteiger charge is 2.44. The Morgan fingerprint density at radius 2 is 1.09 bits per heavy atom. The zero-order chi connectivity index (χ0) is 17.0. The van der Waals surface area contributed by atoms with Gasteiger partial charge in [0.05, 0.1) is 39.6 Å². The molecule has 0 saturated carbocycles. The minimum absolute atomic E-state index is 0.169. The van der Waals surface area contributed by atoms with Gasteiger partial charge in [-0.15, -0.1) is 0 Å². The van der Waals surface area contributed by atoms with Crippen LogP contribution in [0.2, 0.25) is 0 Å². The molecule has 0 amide bonds. The highest BCUT2D eigenvalue weighted by molar-refractivity contribution is 6.75. The summed E-state index contributed by atoms with van der Waals surface area (Å²) in [7, 11) is 1.65. The average molecular weight is 346 g/mol. The van der Waals surface area contributed by atoms with Gasteiger partial charge in [0.25, 0.3) is 0 Å². The van der Waals surface area contributed by atoms with Crippen LogP contribution in [0.15, 0.2) is 24.3 Å². The predicted molar refractivity (Wildman–Crippen MR) is 87.0 cm³/mol. The summed E-state index contributed by atoms with van der Waals surface area (Å²) in [6.45, 7) is 2.28. The number of methoxy groups -OCH3 is 3. The van der Waals surface area contributed by atoms with Crippen LogP contribution in [0.3, 0.4) is 0 Å². The maximum Gasteiger partial charge on any atom is 0.537 e. The van der Waals surface area contributed by atoms with Gasteiger partial charge in [0.15, 0.2) is 0 Å². The molecule has 8 heteroatoms. The van der Waals surface area contributed by atoms with Gasteiger partial charge in [-0.1, -0.05) is 12.1 Å². The predicted octanol–water partition coefficient (Wildman–Crippen LogP) is 0.527. The molecule has 1 rings (SSSR count). The van der Waals surface area contributed by atoms with Gasteiger partial charge >= 0.3 is 8.80 Å². The Kier molecular flexibility index (Phi) is 10.0. The topological polar surface area (TPSA) is 75.6 Å². The van der Waals surface area contributed by atoms with E-state index in [1.54, 1.807) is 45.6 Å². The summed E-state index contributed by atoms with van der Waals surface area (Å²) in [4.78, 5) is 0. The third kappa shape index (κ3) is 6.96. The van der Waals surface area contributed by atoms with Crippen LogP contribution in [0.1, 0.15) is 0 Å². The van der Waals surface area contributed by atoms with Crippen molar-refractivity contribution < 1.29 is 32.6 Å². The first kappa shape index (κ1) is 20.0. The molecule has 0 atom stereocenters. The average Bonchev–Trinajstić information content (AvgIpc) is 2.56. The van der Waals surface area contributed by atoms with Crippen LogP contribution in [0.4, 0.5) is 0 Å². The van der Waals surface area contributed by atoms with Crippen molar-refractivity contribution in [3.05, 3.63) is 24.3 Å². The molecule has 0 aromatic heterocycles. The van der Waals surface area contributed by atoms with Gasteiger partial charge in [-0.2, -0.15) is 0 Å². The van der Waals surface area contributed by atoms with E-state index < -0.39 is 8.80 Å². The van der Waals surface area contributed by atoms with E-state index in [0.717, 1.165) is 5.19 Å². The third-order valence-electron chi connectivity index (χ3n) is 2.96. The fourth-order valence-electron chi connectivity index (χ4n) is 1.82. The number of benzene rings is 1. The summed E-state index contributed by atoms with van der Waals surface area (Å²) in [6.07, 6.45) is 0. The molecule has 132 valence electrons. The minimum Gasteiger partial charge on any atom is -0.508 e. The first-order chi connectivity index (χ1) is 11.2. The van der Waals surface area contributed by atoms with Gasteiger partial charge in [0.1, 0.15) is 5.75 Å². The number of aromatic hydroxyl groups is 1. The molecule has 0 aliphatic carbocycles. The second-order valence-corrected chi connectivity index (χ2v) is 7.18. The molecule has 1 aromatic rings. The van der Waals surface area contributed by atoms with Gasteiger partial charge in [0.2, 0.25) is 0 Å². The van der Waals surface area contributed by atoms with Crippen LogP contribution < -0.4 is 5.19 Å². The Morgan fingerprint density at radius 1 is 0.696 bits per heavy atom. The SMILES string of the molecule is COCCO[Si](OCCOC)(OCCOC)c1ccc(O)cc1. The highest BCUT2D eigenvalue weighted by Crippen LogP contribution is 2.14. The first-order valence-corrected chi connectivity index (χ1v) is 9.09. The van der Waals surface area contributed by atoms with E-state index in [1.807, 2.05) is 0 Å². The van der Waals surface area contributed by atoms with E-state index in [9.17, 15) is 5.11 Å². The normalized spacial score (nSPS) is 11.8. The van der Waals surface area contributed by atoms with Crippen molar-refractivity contribution in [3.63, 3.8) is 0 Å². The van der Waals surface area contributed by atoms with Gasteiger partial charge in [-0.25, -0.2) is 0 Å². The molecule has 1 aromatic carbocycles. The van der Waals surface area contributed by atoms with Crippen LogP contribution in [-0.2, 0) is 27.5 Å². The van der Waals surface area contributed by atoms with E-state index in [1.165, 1.54) is 0 Å². The molecule has 0 fully saturated rings. The second-order valence-electron chi connectivity index (χ2n) is 4.63. The molecule has 1 N–H and O–H groups in total. The Hall–Kier alpha value is -1.00. The van der Waals surface area contributed by atoms with Crippen molar-refractivity contribution >= 4 is 14.0 Å².